The Kier molecular flexibility index (Phi) is 2.38. The highest BCUT2D eigenvalue weighted by molar-refractivity contribution is 5.88. The highest BCUT2D eigenvalue weighted by Gasteiger charge is 2.15. The van der Waals surface area contributed by atoms with E-state index in [1.165, 1.54) is 0 Å². The third-order valence-corrected chi connectivity index (χ3v) is 2.42. The number of nitrogens with two attached hydrogens (primary N) is 1. The lowest BCUT2D eigenvalue weighted by molar-refractivity contribution is 0.488. The molecule has 5 nitrogen and oxygen atoms in total. The summed E-state index contributed by atoms with van der Waals surface area (Å²) in [5.74, 6) is 1.17. The van der Waals surface area contributed by atoms with Crippen LogP contribution in [0.3, 0.4) is 0 Å². The molecule has 15 heavy (non-hydrogen) atoms. The molecule has 0 amide bonds. The summed E-state index contributed by atoms with van der Waals surface area (Å²) in [6.45, 7) is 7.28. The standard InChI is InChI=1S/C10H17N5/c1-4-7-8-9(11)12-13-10(8)15(14-7)5-6(2)3/h6H,4-5H2,1-3H3,(H3,11,12,13). The van der Waals surface area contributed by atoms with Crippen LogP contribution < -0.4 is 5.73 Å². The third kappa shape index (κ3) is 1.58. The molecule has 0 saturated heterocycles. The van der Waals surface area contributed by atoms with Crippen molar-refractivity contribution < 1.29 is 0 Å². The van der Waals surface area contributed by atoms with Gasteiger partial charge in [0.2, 0.25) is 0 Å². The number of H-pyrrole nitrogens is 1. The number of rotatable bonds is 3. The maximum Gasteiger partial charge on any atom is 0.182 e. The van der Waals surface area contributed by atoms with Crippen LogP contribution in [0.1, 0.15) is 26.5 Å². The summed E-state index contributed by atoms with van der Waals surface area (Å²) >= 11 is 0. The number of aromatic amines is 1. The Morgan fingerprint density at radius 3 is 2.80 bits per heavy atom. The summed E-state index contributed by atoms with van der Waals surface area (Å²) in [6.07, 6.45) is 0.880. The van der Waals surface area contributed by atoms with Gasteiger partial charge in [0.05, 0.1) is 11.1 Å². The normalized spacial score (nSPS) is 11.7. The Bertz CT molecular complexity index is 465. The molecule has 0 saturated carbocycles. The van der Waals surface area contributed by atoms with Crippen molar-refractivity contribution >= 4 is 16.9 Å². The van der Waals surface area contributed by atoms with Gasteiger partial charge in [0, 0.05) is 6.54 Å². The lowest BCUT2D eigenvalue weighted by Crippen LogP contribution is -2.06. The smallest absolute Gasteiger partial charge is 0.182 e. The number of aromatic nitrogens is 4. The van der Waals surface area contributed by atoms with Gasteiger partial charge in [-0.1, -0.05) is 20.8 Å². The van der Waals surface area contributed by atoms with E-state index in [1.807, 2.05) is 4.68 Å². The van der Waals surface area contributed by atoms with Gasteiger partial charge < -0.3 is 5.73 Å². The lowest BCUT2D eigenvalue weighted by Gasteiger charge is -2.03. The van der Waals surface area contributed by atoms with Crippen LogP contribution in [-0.2, 0) is 13.0 Å². The van der Waals surface area contributed by atoms with Gasteiger partial charge in [-0.2, -0.15) is 10.2 Å². The van der Waals surface area contributed by atoms with E-state index in [0.717, 1.165) is 29.7 Å². The largest absolute Gasteiger partial charge is 0.383 e. The van der Waals surface area contributed by atoms with Gasteiger partial charge in [-0.05, 0) is 12.3 Å². The number of fused-ring (bicyclic) bond motifs is 1. The van der Waals surface area contributed by atoms with E-state index in [-0.39, 0.29) is 0 Å². The Hall–Kier alpha value is -1.52. The van der Waals surface area contributed by atoms with Crippen LogP contribution in [0.4, 0.5) is 5.82 Å². The van der Waals surface area contributed by atoms with E-state index in [1.54, 1.807) is 0 Å². The number of nitrogen functional groups attached to an aromatic ring is 1. The van der Waals surface area contributed by atoms with E-state index in [4.69, 9.17) is 5.73 Å². The topological polar surface area (TPSA) is 72.5 Å². The van der Waals surface area contributed by atoms with E-state index in [2.05, 4.69) is 36.1 Å². The second kappa shape index (κ2) is 3.56. The molecule has 0 radical (unpaired) electrons. The molecule has 0 unspecified atom stereocenters. The molecule has 5 heteroatoms. The van der Waals surface area contributed by atoms with Gasteiger partial charge in [-0.25, -0.2) is 4.68 Å². The number of aryl methyl sites for hydroxylation is 1. The molecule has 0 atom stereocenters. The average molecular weight is 207 g/mol. The number of anilines is 1. The van der Waals surface area contributed by atoms with Crippen LogP contribution in [0, 0.1) is 5.92 Å². The molecule has 0 bridgehead atoms. The van der Waals surface area contributed by atoms with Crippen molar-refractivity contribution in [3.05, 3.63) is 5.69 Å². The van der Waals surface area contributed by atoms with Crippen molar-refractivity contribution in [2.24, 2.45) is 5.92 Å². The van der Waals surface area contributed by atoms with Crippen LogP contribution in [0.5, 0.6) is 0 Å². The fourth-order valence-corrected chi connectivity index (χ4v) is 1.78. The van der Waals surface area contributed by atoms with E-state index >= 15 is 0 Å². The number of hydrogen-bond donors (Lipinski definition) is 2. The fraction of sp³-hybridized carbons (Fsp3) is 0.600. The zero-order valence-electron chi connectivity index (χ0n) is 9.41. The van der Waals surface area contributed by atoms with Crippen molar-refractivity contribution in [3.8, 4) is 0 Å². The first-order chi connectivity index (χ1) is 7.13. The molecule has 2 rings (SSSR count). The SMILES string of the molecule is CCc1nn(CC(C)C)c2n[nH]c(N)c12. The fourth-order valence-electron chi connectivity index (χ4n) is 1.78. The molecule has 0 spiro atoms. The number of hydrogen-bond acceptors (Lipinski definition) is 3. The highest BCUT2D eigenvalue weighted by atomic mass is 15.3. The number of nitrogens with zero attached hydrogens (tertiary/aromatic N) is 3. The minimum atomic E-state index is 0.552. The van der Waals surface area contributed by atoms with Gasteiger partial charge in [0.1, 0.15) is 5.82 Å². The van der Waals surface area contributed by atoms with E-state index in [0.29, 0.717) is 11.7 Å². The first-order valence-electron chi connectivity index (χ1n) is 5.32. The molecular weight excluding hydrogens is 190 g/mol. The highest BCUT2D eigenvalue weighted by Crippen LogP contribution is 2.23. The molecule has 0 fully saturated rings. The Morgan fingerprint density at radius 2 is 2.20 bits per heavy atom. The van der Waals surface area contributed by atoms with Crippen LogP contribution in [0.2, 0.25) is 0 Å². The van der Waals surface area contributed by atoms with Gasteiger partial charge in [0.25, 0.3) is 0 Å². The molecule has 0 aliphatic carbocycles. The average Bonchev–Trinajstić information content (AvgIpc) is 2.69. The van der Waals surface area contributed by atoms with Crippen LogP contribution >= 0.6 is 0 Å². The Morgan fingerprint density at radius 1 is 1.47 bits per heavy atom. The molecule has 0 aliphatic rings. The molecule has 0 aliphatic heterocycles. The van der Waals surface area contributed by atoms with E-state index < -0.39 is 0 Å². The monoisotopic (exact) mass is 207 g/mol. The number of nitrogens with one attached hydrogen (secondary N) is 1. The molecule has 2 aromatic heterocycles. The maximum absolute atomic E-state index is 5.83. The third-order valence-electron chi connectivity index (χ3n) is 2.42. The van der Waals surface area contributed by atoms with Crippen LogP contribution in [0.15, 0.2) is 0 Å². The van der Waals surface area contributed by atoms with Crippen molar-refractivity contribution in [1.82, 2.24) is 20.0 Å². The molecule has 2 aromatic rings. The second-order valence-corrected chi connectivity index (χ2v) is 4.21. The second-order valence-electron chi connectivity index (χ2n) is 4.21. The summed E-state index contributed by atoms with van der Waals surface area (Å²) < 4.78 is 1.94. The summed E-state index contributed by atoms with van der Waals surface area (Å²) in [7, 11) is 0. The maximum atomic E-state index is 5.83. The lowest BCUT2D eigenvalue weighted by atomic mass is 10.2. The van der Waals surface area contributed by atoms with Crippen LogP contribution in [0.25, 0.3) is 11.0 Å². The minimum Gasteiger partial charge on any atom is -0.383 e. The predicted octanol–water partition coefficient (Wildman–Crippen LogP) is 1.56. The van der Waals surface area contributed by atoms with Gasteiger partial charge in [-0.3, -0.25) is 5.10 Å². The Balaban J connectivity index is 2.56. The Labute approximate surface area is 88.6 Å². The first kappa shape index (κ1) is 10.0. The van der Waals surface area contributed by atoms with Crippen molar-refractivity contribution in [3.63, 3.8) is 0 Å². The molecule has 82 valence electrons. The van der Waals surface area contributed by atoms with Crippen molar-refractivity contribution in [2.75, 3.05) is 5.73 Å². The summed E-state index contributed by atoms with van der Waals surface area (Å²) in [4.78, 5) is 0. The zero-order valence-corrected chi connectivity index (χ0v) is 9.41. The summed E-state index contributed by atoms with van der Waals surface area (Å²) in [5.41, 5.74) is 7.72. The minimum absolute atomic E-state index is 0.552. The quantitative estimate of drug-likeness (QED) is 0.802. The van der Waals surface area contributed by atoms with Gasteiger partial charge >= 0.3 is 0 Å². The van der Waals surface area contributed by atoms with E-state index in [9.17, 15) is 0 Å². The molecule has 0 aromatic carbocycles. The van der Waals surface area contributed by atoms with Gasteiger partial charge in [-0.15, -0.1) is 0 Å². The van der Waals surface area contributed by atoms with Crippen LogP contribution in [-0.4, -0.2) is 20.0 Å². The summed E-state index contributed by atoms with van der Waals surface area (Å²) in [5, 5.41) is 12.5. The van der Waals surface area contributed by atoms with Gasteiger partial charge in [0.15, 0.2) is 5.65 Å². The van der Waals surface area contributed by atoms with Crippen molar-refractivity contribution in [2.45, 2.75) is 33.7 Å². The zero-order chi connectivity index (χ0) is 11.0. The summed E-state index contributed by atoms with van der Waals surface area (Å²) in [6, 6.07) is 0. The molecule has 3 N–H and O–H groups in total. The molecule has 2 heterocycles. The molecular formula is C10H17N5. The van der Waals surface area contributed by atoms with Crippen molar-refractivity contribution in [1.29, 1.82) is 0 Å². The first-order valence-corrected chi connectivity index (χ1v) is 5.32. The predicted molar refractivity (Wildman–Crippen MR) is 60.5 cm³/mol.